The van der Waals surface area contributed by atoms with Crippen molar-refractivity contribution in [2.24, 2.45) is 0 Å². The quantitative estimate of drug-likeness (QED) is 0.707. The highest BCUT2D eigenvalue weighted by molar-refractivity contribution is 5.58. The zero-order valence-corrected chi connectivity index (χ0v) is 12.7. The van der Waals surface area contributed by atoms with Gasteiger partial charge in [-0.25, -0.2) is 9.97 Å². The van der Waals surface area contributed by atoms with E-state index in [1.54, 1.807) is 0 Å². The monoisotopic (exact) mass is 266 g/mol. The molecule has 0 aromatic carbocycles. The summed E-state index contributed by atoms with van der Waals surface area (Å²) in [5, 5.41) is 15.9. The van der Waals surface area contributed by atoms with Crippen LogP contribution in [0, 0.1) is 13.8 Å². The predicted octanol–water partition coefficient (Wildman–Crippen LogP) is 2.49. The fourth-order valence-electron chi connectivity index (χ4n) is 1.95. The Bertz CT molecular complexity index is 422. The van der Waals surface area contributed by atoms with Crippen LogP contribution in [0.5, 0.6) is 0 Å². The fraction of sp³-hybridized carbons (Fsp3) is 0.714. The van der Waals surface area contributed by atoms with Gasteiger partial charge in [-0.1, -0.05) is 6.92 Å². The molecule has 0 aliphatic rings. The Morgan fingerprint density at radius 2 is 1.79 bits per heavy atom. The van der Waals surface area contributed by atoms with Crippen LogP contribution in [0.25, 0.3) is 0 Å². The number of anilines is 2. The van der Waals surface area contributed by atoms with Crippen LogP contribution >= 0.6 is 0 Å². The van der Waals surface area contributed by atoms with Gasteiger partial charge in [0.15, 0.2) is 0 Å². The second-order valence-electron chi connectivity index (χ2n) is 5.14. The number of rotatable bonds is 7. The summed E-state index contributed by atoms with van der Waals surface area (Å²) >= 11 is 0. The summed E-state index contributed by atoms with van der Waals surface area (Å²) in [7, 11) is 0. The molecule has 0 spiro atoms. The van der Waals surface area contributed by atoms with Gasteiger partial charge in [-0.2, -0.15) is 0 Å². The van der Waals surface area contributed by atoms with Gasteiger partial charge < -0.3 is 15.7 Å². The largest absolute Gasteiger partial charge is 0.396 e. The molecule has 1 unspecified atom stereocenters. The third-order valence-corrected chi connectivity index (χ3v) is 3.47. The van der Waals surface area contributed by atoms with Gasteiger partial charge in [-0.05, 0) is 40.5 Å². The lowest BCUT2D eigenvalue weighted by atomic mass is 9.94. The summed E-state index contributed by atoms with van der Waals surface area (Å²) in [6.07, 6.45) is 1.62. The van der Waals surface area contributed by atoms with Gasteiger partial charge >= 0.3 is 0 Å². The summed E-state index contributed by atoms with van der Waals surface area (Å²) in [5.74, 6) is 2.47. The number of aromatic nitrogens is 2. The SMILES string of the molecule is CCNc1nc(C)nc(NC(C)(CC)CCO)c1C. The Hall–Kier alpha value is -1.36. The van der Waals surface area contributed by atoms with E-state index in [1.807, 2.05) is 20.8 Å². The van der Waals surface area contributed by atoms with Gasteiger partial charge in [-0.15, -0.1) is 0 Å². The first-order valence-corrected chi connectivity index (χ1v) is 6.94. The molecular formula is C14H26N4O. The Kier molecular flexibility index (Phi) is 5.54. The van der Waals surface area contributed by atoms with Crippen molar-refractivity contribution < 1.29 is 5.11 Å². The number of nitrogens with zero attached hydrogens (tertiary/aromatic N) is 2. The van der Waals surface area contributed by atoms with E-state index in [0.717, 1.165) is 36.0 Å². The zero-order valence-electron chi connectivity index (χ0n) is 12.7. The minimum atomic E-state index is -0.149. The summed E-state index contributed by atoms with van der Waals surface area (Å²) in [4.78, 5) is 8.90. The van der Waals surface area contributed by atoms with E-state index in [9.17, 15) is 5.11 Å². The van der Waals surface area contributed by atoms with Gasteiger partial charge in [0.05, 0.1) is 0 Å². The van der Waals surface area contributed by atoms with Gasteiger partial charge in [0.1, 0.15) is 17.5 Å². The second-order valence-corrected chi connectivity index (χ2v) is 5.14. The molecule has 0 fully saturated rings. The van der Waals surface area contributed by atoms with E-state index in [1.165, 1.54) is 0 Å². The maximum atomic E-state index is 9.19. The molecule has 0 radical (unpaired) electrons. The van der Waals surface area contributed by atoms with Crippen LogP contribution in [0.2, 0.25) is 0 Å². The van der Waals surface area contributed by atoms with Crippen molar-refractivity contribution in [3.63, 3.8) is 0 Å². The third kappa shape index (κ3) is 4.06. The molecule has 1 aromatic heterocycles. The first kappa shape index (κ1) is 15.7. The van der Waals surface area contributed by atoms with E-state index >= 15 is 0 Å². The standard InChI is InChI=1S/C14H26N4O/c1-6-14(5,8-9-19)18-13-10(3)12(15-7-2)16-11(4)17-13/h19H,6-9H2,1-5H3,(H2,15,16,17,18). The number of hydrogen-bond acceptors (Lipinski definition) is 5. The maximum Gasteiger partial charge on any atom is 0.135 e. The summed E-state index contributed by atoms with van der Waals surface area (Å²) in [6.45, 7) is 11.2. The van der Waals surface area contributed by atoms with Crippen LogP contribution in [0.3, 0.4) is 0 Å². The van der Waals surface area contributed by atoms with E-state index in [-0.39, 0.29) is 12.1 Å². The Balaban J connectivity index is 3.06. The van der Waals surface area contributed by atoms with Crippen molar-refractivity contribution in [1.82, 2.24) is 9.97 Å². The Morgan fingerprint density at radius 3 is 2.32 bits per heavy atom. The van der Waals surface area contributed by atoms with Gasteiger partial charge in [0.25, 0.3) is 0 Å². The second kappa shape index (κ2) is 6.70. The van der Waals surface area contributed by atoms with Crippen molar-refractivity contribution in [3.05, 3.63) is 11.4 Å². The average Bonchev–Trinajstić information content (AvgIpc) is 2.35. The van der Waals surface area contributed by atoms with Crippen molar-refractivity contribution >= 4 is 11.6 Å². The Morgan fingerprint density at radius 1 is 1.16 bits per heavy atom. The topological polar surface area (TPSA) is 70.1 Å². The average molecular weight is 266 g/mol. The van der Waals surface area contributed by atoms with Crippen molar-refractivity contribution in [3.8, 4) is 0 Å². The maximum absolute atomic E-state index is 9.19. The van der Waals surface area contributed by atoms with E-state index in [2.05, 4.69) is 34.4 Å². The molecule has 0 aliphatic carbocycles. The molecule has 19 heavy (non-hydrogen) atoms. The predicted molar refractivity (Wildman–Crippen MR) is 79.7 cm³/mol. The highest BCUT2D eigenvalue weighted by Crippen LogP contribution is 2.26. The molecule has 5 nitrogen and oxygen atoms in total. The van der Waals surface area contributed by atoms with Crippen LogP contribution in [-0.2, 0) is 0 Å². The number of aliphatic hydroxyl groups excluding tert-OH is 1. The molecule has 1 atom stereocenters. The number of hydrogen-bond donors (Lipinski definition) is 3. The molecule has 108 valence electrons. The molecule has 1 aromatic rings. The van der Waals surface area contributed by atoms with Crippen molar-refractivity contribution in [2.45, 2.75) is 53.0 Å². The molecule has 0 saturated heterocycles. The van der Waals surface area contributed by atoms with Crippen LogP contribution in [-0.4, -0.2) is 33.8 Å². The van der Waals surface area contributed by atoms with E-state index in [0.29, 0.717) is 6.42 Å². The minimum Gasteiger partial charge on any atom is -0.396 e. The molecule has 3 N–H and O–H groups in total. The highest BCUT2D eigenvalue weighted by atomic mass is 16.3. The summed E-state index contributed by atoms with van der Waals surface area (Å²) in [5.41, 5.74) is 0.870. The molecule has 0 amide bonds. The van der Waals surface area contributed by atoms with E-state index in [4.69, 9.17) is 0 Å². The van der Waals surface area contributed by atoms with Crippen LogP contribution in [0.1, 0.15) is 45.0 Å². The van der Waals surface area contributed by atoms with Gasteiger partial charge in [0.2, 0.25) is 0 Å². The molecule has 0 aliphatic heterocycles. The normalized spacial score (nSPS) is 14.0. The lowest BCUT2D eigenvalue weighted by Gasteiger charge is -2.30. The number of nitrogens with one attached hydrogen (secondary N) is 2. The van der Waals surface area contributed by atoms with Crippen LogP contribution < -0.4 is 10.6 Å². The third-order valence-electron chi connectivity index (χ3n) is 3.47. The molecule has 1 heterocycles. The molecular weight excluding hydrogens is 240 g/mol. The highest BCUT2D eigenvalue weighted by Gasteiger charge is 2.23. The minimum absolute atomic E-state index is 0.149. The smallest absolute Gasteiger partial charge is 0.135 e. The van der Waals surface area contributed by atoms with Crippen molar-refractivity contribution in [1.29, 1.82) is 0 Å². The lowest BCUT2D eigenvalue weighted by molar-refractivity contribution is 0.251. The summed E-state index contributed by atoms with van der Waals surface area (Å²) in [6, 6.07) is 0. The first-order valence-electron chi connectivity index (χ1n) is 6.94. The summed E-state index contributed by atoms with van der Waals surface area (Å²) < 4.78 is 0. The molecule has 1 rings (SSSR count). The van der Waals surface area contributed by atoms with Crippen LogP contribution in [0.4, 0.5) is 11.6 Å². The van der Waals surface area contributed by atoms with Gasteiger partial charge in [-0.3, -0.25) is 0 Å². The lowest BCUT2D eigenvalue weighted by Crippen LogP contribution is -2.36. The fourth-order valence-corrected chi connectivity index (χ4v) is 1.95. The zero-order chi connectivity index (χ0) is 14.5. The number of aliphatic hydroxyl groups is 1. The number of aryl methyl sites for hydroxylation is 1. The molecule has 0 saturated carbocycles. The van der Waals surface area contributed by atoms with Crippen LogP contribution in [0.15, 0.2) is 0 Å². The molecule has 5 heteroatoms. The Labute approximate surface area is 115 Å². The first-order chi connectivity index (χ1) is 8.95. The van der Waals surface area contributed by atoms with Gasteiger partial charge in [0, 0.05) is 24.3 Å². The van der Waals surface area contributed by atoms with E-state index < -0.39 is 0 Å². The molecule has 0 bridgehead atoms. The van der Waals surface area contributed by atoms with Crippen molar-refractivity contribution in [2.75, 3.05) is 23.8 Å².